The Morgan fingerprint density at radius 3 is 2.71 bits per heavy atom. The largest absolute Gasteiger partial charge is 0.505 e. The molecule has 168 valence electrons. The molecule has 1 amide bonds. The minimum absolute atomic E-state index is 0.157. The maximum Gasteiger partial charge on any atom is 0.268 e. The van der Waals surface area contributed by atoms with E-state index in [4.69, 9.17) is 4.74 Å². The van der Waals surface area contributed by atoms with Gasteiger partial charge in [-0.3, -0.25) is 4.79 Å². The van der Waals surface area contributed by atoms with Crippen molar-refractivity contribution in [3.63, 3.8) is 0 Å². The van der Waals surface area contributed by atoms with Crippen molar-refractivity contribution in [1.29, 1.82) is 0 Å². The van der Waals surface area contributed by atoms with Gasteiger partial charge in [-0.2, -0.15) is 4.40 Å². The van der Waals surface area contributed by atoms with Crippen LogP contribution in [0, 0.1) is 0 Å². The van der Waals surface area contributed by atoms with Gasteiger partial charge in [-0.15, -0.1) is 4.40 Å². The molecule has 9 nitrogen and oxygen atoms in total. The van der Waals surface area contributed by atoms with Gasteiger partial charge in [-0.1, -0.05) is 19.6 Å². The highest BCUT2D eigenvalue weighted by atomic mass is 32.2. The van der Waals surface area contributed by atoms with Gasteiger partial charge >= 0.3 is 0 Å². The number of amidine groups is 1. The number of hydrogen-bond donors (Lipinski definition) is 3. The summed E-state index contributed by atoms with van der Waals surface area (Å²) in [5.74, 6) is 0.639. The van der Waals surface area contributed by atoms with Crippen molar-refractivity contribution in [3.05, 3.63) is 47.7 Å². The number of carbonyl (C=O) groups excluding carboxylic acids is 1. The number of hydrogen-bond acceptors (Lipinski definition) is 6. The van der Waals surface area contributed by atoms with E-state index in [-0.39, 0.29) is 23.8 Å². The lowest BCUT2D eigenvalue weighted by atomic mass is 10.1. The topological polar surface area (TPSA) is 116 Å². The normalized spacial score (nSPS) is 15.7. The smallest absolute Gasteiger partial charge is 0.268 e. The molecule has 0 radical (unpaired) electrons. The van der Waals surface area contributed by atoms with Gasteiger partial charge in [-0.05, 0) is 37.1 Å². The highest BCUT2D eigenvalue weighted by molar-refractivity contribution is 7.83. The third-order valence-electron chi connectivity index (χ3n) is 4.12. The first kappa shape index (κ1) is 24.1. The molecule has 1 aromatic rings. The Morgan fingerprint density at radius 2 is 2.06 bits per heavy atom. The molecule has 0 saturated carbocycles. The molecule has 1 aliphatic heterocycles. The van der Waals surface area contributed by atoms with Gasteiger partial charge in [0.1, 0.15) is 18.1 Å². The van der Waals surface area contributed by atoms with Gasteiger partial charge in [0.2, 0.25) is 0 Å². The number of benzene rings is 1. The van der Waals surface area contributed by atoms with E-state index in [0.717, 1.165) is 17.8 Å². The Kier molecular flexibility index (Phi) is 8.80. The van der Waals surface area contributed by atoms with E-state index in [1.165, 1.54) is 4.90 Å². The molecule has 1 heterocycles. The summed E-state index contributed by atoms with van der Waals surface area (Å²) in [6.45, 7) is 8.64. The van der Waals surface area contributed by atoms with Crippen LogP contribution in [0.25, 0.3) is 0 Å². The number of nitrogens with one attached hydrogen (secondary N) is 2. The molecule has 1 unspecified atom stereocenters. The molecule has 2 rings (SSSR count). The summed E-state index contributed by atoms with van der Waals surface area (Å²) in [5, 5.41) is 16.6. The van der Waals surface area contributed by atoms with Crippen LogP contribution in [-0.4, -0.2) is 65.5 Å². The van der Waals surface area contributed by atoms with Crippen molar-refractivity contribution < 1.29 is 18.8 Å². The number of phenols is 1. The molecule has 1 atom stereocenters. The highest BCUT2D eigenvalue weighted by Crippen LogP contribution is 2.28. The first-order valence-corrected chi connectivity index (χ1v) is 10.9. The summed E-state index contributed by atoms with van der Waals surface area (Å²) >= 11 is -1.72. The van der Waals surface area contributed by atoms with Crippen molar-refractivity contribution in [1.82, 2.24) is 10.2 Å². The summed E-state index contributed by atoms with van der Waals surface area (Å²) in [4.78, 5) is 13.6. The minimum atomic E-state index is -1.72. The number of carbonyl (C=O) groups is 1. The first-order valence-electron chi connectivity index (χ1n) is 9.79. The fourth-order valence-electron chi connectivity index (χ4n) is 2.61. The predicted molar refractivity (Wildman–Crippen MR) is 125 cm³/mol. The molecule has 0 saturated heterocycles. The summed E-state index contributed by atoms with van der Waals surface area (Å²) < 4.78 is 25.6. The number of anilines is 1. The van der Waals surface area contributed by atoms with E-state index in [2.05, 4.69) is 26.0 Å². The monoisotopic (exact) mass is 447 g/mol. The summed E-state index contributed by atoms with van der Waals surface area (Å²) in [6.07, 6.45) is 2.75. The quantitative estimate of drug-likeness (QED) is 0.288. The van der Waals surface area contributed by atoms with Crippen molar-refractivity contribution in [2.24, 2.45) is 8.80 Å². The molecule has 1 aliphatic rings. The SMILES string of the molecule is C=C(C)CO/C(=C\CC)CNC1=NS(=O)N=C1CNc1cccc(C(=O)N(C)C)c1O. The zero-order chi connectivity index (χ0) is 23.0. The number of nitrogens with zero attached hydrogens (tertiary/aromatic N) is 3. The van der Waals surface area contributed by atoms with Crippen molar-refractivity contribution in [2.75, 3.05) is 39.1 Å². The Hall–Kier alpha value is -3.14. The second-order valence-corrected chi connectivity index (χ2v) is 7.97. The first-order chi connectivity index (χ1) is 14.7. The third kappa shape index (κ3) is 6.95. The fourth-order valence-corrected chi connectivity index (χ4v) is 3.32. The minimum Gasteiger partial charge on any atom is -0.505 e. The fraction of sp³-hybridized carbons (Fsp3) is 0.381. The number of allylic oxidation sites excluding steroid dienone is 1. The van der Waals surface area contributed by atoms with Crippen LogP contribution >= 0.6 is 0 Å². The zero-order valence-electron chi connectivity index (χ0n) is 18.3. The zero-order valence-corrected chi connectivity index (χ0v) is 19.1. The van der Waals surface area contributed by atoms with Gasteiger partial charge in [0, 0.05) is 14.1 Å². The van der Waals surface area contributed by atoms with Crippen LogP contribution in [0.5, 0.6) is 5.75 Å². The van der Waals surface area contributed by atoms with Crippen LogP contribution in [0.2, 0.25) is 0 Å². The molecule has 0 bridgehead atoms. The van der Waals surface area contributed by atoms with Crippen molar-refractivity contribution in [3.8, 4) is 5.75 Å². The molecule has 0 aliphatic carbocycles. The van der Waals surface area contributed by atoms with Gasteiger partial charge in [0.05, 0.1) is 24.3 Å². The van der Waals surface area contributed by atoms with Crippen LogP contribution in [0.4, 0.5) is 5.69 Å². The lowest BCUT2D eigenvalue weighted by molar-refractivity contribution is 0.0824. The number of amides is 1. The van der Waals surface area contributed by atoms with E-state index < -0.39 is 11.2 Å². The average molecular weight is 448 g/mol. The van der Waals surface area contributed by atoms with Crippen molar-refractivity contribution >= 4 is 34.3 Å². The molecule has 3 N–H and O–H groups in total. The second kappa shape index (κ2) is 11.3. The Labute approximate surface area is 185 Å². The molecule has 31 heavy (non-hydrogen) atoms. The molecule has 0 aromatic heterocycles. The summed E-state index contributed by atoms with van der Waals surface area (Å²) in [7, 11) is 3.22. The van der Waals surface area contributed by atoms with Crippen LogP contribution in [0.3, 0.4) is 0 Å². The van der Waals surface area contributed by atoms with E-state index in [0.29, 0.717) is 30.4 Å². The number of ether oxygens (including phenoxy) is 1. The van der Waals surface area contributed by atoms with Crippen LogP contribution in [0.15, 0.2) is 51.0 Å². The maximum atomic E-state index is 12.2. The van der Waals surface area contributed by atoms with E-state index in [1.807, 2.05) is 19.9 Å². The Balaban J connectivity index is 2.05. The molecular weight excluding hydrogens is 418 g/mol. The van der Waals surface area contributed by atoms with E-state index >= 15 is 0 Å². The van der Waals surface area contributed by atoms with Crippen LogP contribution < -0.4 is 10.6 Å². The maximum absolute atomic E-state index is 12.2. The third-order valence-corrected chi connectivity index (χ3v) is 4.83. The number of aromatic hydroxyl groups is 1. The number of para-hydroxylation sites is 1. The summed E-state index contributed by atoms with van der Waals surface area (Å²) in [5.41, 5.74) is 1.90. The Morgan fingerprint density at radius 1 is 1.32 bits per heavy atom. The van der Waals surface area contributed by atoms with Gasteiger partial charge < -0.3 is 25.4 Å². The standard InChI is InChI=1S/C21H29N5O4S/c1-6-8-15(30-13-14(2)3)11-23-20-18(24-31(29)25-20)12-22-17-10-7-9-16(19(17)27)21(28)26(4)5/h7-10,22,27H,2,6,11-13H2,1,3-5H3,(H,23,25)/b15-8-. The molecule has 0 spiro atoms. The second-order valence-electron chi connectivity index (χ2n) is 7.14. The van der Waals surface area contributed by atoms with Crippen LogP contribution in [-0.2, 0) is 15.9 Å². The van der Waals surface area contributed by atoms with Gasteiger partial charge in [0.15, 0.2) is 11.6 Å². The lowest BCUT2D eigenvalue weighted by Gasteiger charge is -2.15. The molecular formula is C21H29N5O4S. The highest BCUT2D eigenvalue weighted by Gasteiger charge is 2.21. The number of phenolic OH excluding ortho intramolecular Hbond substituents is 1. The van der Waals surface area contributed by atoms with Crippen molar-refractivity contribution in [2.45, 2.75) is 20.3 Å². The Bertz CT molecular complexity index is 953. The summed E-state index contributed by atoms with van der Waals surface area (Å²) in [6, 6.07) is 4.86. The van der Waals surface area contributed by atoms with Gasteiger partial charge in [-0.25, -0.2) is 4.21 Å². The molecule has 1 aromatic carbocycles. The lowest BCUT2D eigenvalue weighted by Crippen LogP contribution is -2.35. The predicted octanol–water partition coefficient (Wildman–Crippen LogP) is 2.41. The molecule has 0 fully saturated rings. The molecule has 10 heteroatoms. The van der Waals surface area contributed by atoms with Crippen LogP contribution in [0.1, 0.15) is 30.6 Å². The average Bonchev–Trinajstić information content (AvgIpc) is 3.08. The number of rotatable bonds is 10. The van der Waals surface area contributed by atoms with Gasteiger partial charge in [0.25, 0.3) is 17.1 Å². The van der Waals surface area contributed by atoms with E-state index in [9.17, 15) is 14.1 Å². The van der Waals surface area contributed by atoms with E-state index in [1.54, 1.807) is 32.3 Å².